The SMILES string of the molecule is NS(=O)(=O)c1ccc(OCCN2CCN(c3cccc(Cl)c3)CC2)cc1. The van der Waals surface area contributed by atoms with Crippen LogP contribution in [0.1, 0.15) is 0 Å². The van der Waals surface area contributed by atoms with Crippen LogP contribution in [0.5, 0.6) is 5.75 Å². The number of hydrogen-bond acceptors (Lipinski definition) is 5. The molecule has 140 valence electrons. The predicted octanol–water partition coefficient (Wildman–Crippen LogP) is 2.19. The molecule has 1 saturated heterocycles. The number of rotatable bonds is 6. The molecule has 0 saturated carbocycles. The molecule has 3 rings (SSSR count). The minimum atomic E-state index is -3.66. The van der Waals surface area contributed by atoms with Gasteiger partial charge in [0.25, 0.3) is 0 Å². The number of ether oxygens (including phenoxy) is 1. The lowest BCUT2D eigenvalue weighted by Gasteiger charge is -2.36. The Bertz CT molecular complexity index is 835. The molecule has 2 aromatic rings. The Labute approximate surface area is 159 Å². The average molecular weight is 396 g/mol. The number of primary sulfonamides is 1. The zero-order valence-electron chi connectivity index (χ0n) is 14.3. The predicted molar refractivity (Wildman–Crippen MR) is 103 cm³/mol. The fourth-order valence-electron chi connectivity index (χ4n) is 2.92. The first kappa shape index (κ1) is 19.0. The van der Waals surface area contributed by atoms with Crippen molar-refractivity contribution < 1.29 is 13.2 Å². The zero-order valence-corrected chi connectivity index (χ0v) is 15.9. The van der Waals surface area contributed by atoms with Gasteiger partial charge in [-0.1, -0.05) is 17.7 Å². The second-order valence-electron chi connectivity index (χ2n) is 6.17. The summed E-state index contributed by atoms with van der Waals surface area (Å²) in [5.41, 5.74) is 1.16. The molecule has 0 amide bonds. The second-order valence-corrected chi connectivity index (χ2v) is 8.17. The second kappa shape index (κ2) is 8.26. The number of piperazine rings is 1. The van der Waals surface area contributed by atoms with Gasteiger partial charge in [0.15, 0.2) is 0 Å². The van der Waals surface area contributed by atoms with Gasteiger partial charge in [-0.15, -0.1) is 0 Å². The van der Waals surface area contributed by atoms with Crippen molar-refractivity contribution in [3.8, 4) is 5.75 Å². The van der Waals surface area contributed by atoms with Gasteiger partial charge in [0.05, 0.1) is 4.90 Å². The molecule has 2 aromatic carbocycles. The fourth-order valence-corrected chi connectivity index (χ4v) is 3.62. The molecule has 0 spiro atoms. The number of sulfonamides is 1. The third kappa shape index (κ3) is 5.11. The molecule has 2 N–H and O–H groups in total. The van der Waals surface area contributed by atoms with Gasteiger partial charge in [0, 0.05) is 43.4 Å². The molecular weight excluding hydrogens is 374 g/mol. The van der Waals surface area contributed by atoms with Gasteiger partial charge in [-0.2, -0.15) is 0 Å². The highest BCUT2D eigenvalue weighted by molar-refractivity contribution is 7.89. The minimum absolute atomic E-state index is 0.0852. The fraction of sp³-hybridized carbons (Fsp3) is 0.333. The number of nitrogens with two attached hydrogens (primary N) is 1. The lowest BCUT2D eigenvalue weighted by atomic mass is 10.2. The summed E-state index contributed by atoms with van der Waals surface area (Å²) in [6, 6.07) is 14.1. The summed E-state index contributed by atoms with van der Waals surface area (Å²) in [4.78, 5) is 4.76. The molecule has 0 aliphatic carbocycles. The molecule has 8 heteroatoms. The van der Waals surface area contributed by atoms with Crippen molar-refractivity contribution in [3.63, 3.8) is 0 Å². The van der Waals surface area contributed by atoms with Crippen molar-refractivity contribution in [1.29, 1.82) is 0 Å². The van der Waals surface area contributed by atoms with E-state index in [1.807, 2.05) is 18.2 Å². The molecule has 26 heavy (non-hydrogen) atoms. The lowest BCUT2D eigenvalue weighted by Crippen LogP contribution is -2.47. The van der Waals surface area contributed by atoms with Gasteiger partial charge in [-0.05, 0) is 42.5 Å². The first-order chi connectivity index (χ1) is 12.4. The van der Waals surface area contributed by atoms with E-state index in [1.165, 1.54) is 12.1 Å². The Morgan fingerprint density at radius 3 is 2.35 bits per heavy atom. The summed E-state index contributed by atoms with van der Waals surface area (Å²) >= 11 is 6.06. The largest absolute Gasteiger partial charge is 0.492 e. The van der Waals surface area contributed by atoms with Crippen molar-refractivity contribution in [2.24, 2.45) is 5.14 Å². The average Bonchev–Trinajstić information content (AvgIpc) is 2.62. The van der Waals surface area contributed by atoms with E-state index in [9.17, 15) is 8.42 Å². The maximum atomic E-state index is 11.2. The summed E-state index contributed by atoms with van der Waals surface area (Å²) in [5.74, 6) is 0.634. The summed E-state index contributed by atoms with van der Waals surface area (Å²) in [7, 11) is -3.66. The molecule has 0 aromatic heterocycles. The Kier molecular flexibility index (Phi) is 6.03. The third-order valence-electron chi connectivity index (χ3n) is 4.37. The zero-order chi connectivity index (χ0) is 18.6. The van der Waals surface area contributed by atoms with E-state index < -0.39 is 10.0 Å². The van der Waals surface area contributed by atoms with Gasteiger partial charge in [0.1, 0.15) is 12.4 Å². The van der Waals surface area contributed by atoms with Crippen molar-refractivity contribution in [2.45, 2.75) is 4.90 Å². The summed E-state index contributed by atoms with van der Waals surface area (Å²) in [5, 5.41) is 5.84. The van der Waals surface area contributed by atoms with E-state index >= 15 is 0 Å². The highest BCUT2D eigenvalue weighted by atomic mass is 35.5. The minimum Gasteiger partial charge on any atom is -0.492 e. The Morgan fingerprint density at radius 2 is 1.73 bits per heavy atom. The molecule has 1 fully saturated rings. The van der Waals surface area contributed by atoms with Gasteiger partial charge >= 0.3 is 0 Å². The normalized spacial score (nSPS) is 15.8. The lowest BCUT2D eigenvalue weighted by molar-refractivity contribution is 0.200. The summed E-state index contributed by atoms with van der Waals surface area (Å²) in [6.07, 6.45) is 0. The van der Waals surface area contributed by atoms with E-state index in [0.717, 1.165) is 43.4 Å². The topological polar surface area (TPSA) is 75.9 Å². The van der Waals surface area contributed by atoms with E-state index in [0.29, 0.717) is 12.4 Å². The molecule has 1 aliphatic rings. The molecular formula is C18H22ClN3O3S. The van der Waals surface area contributed by atoms with E-state index in [1.54, 1.807) is 12.1 Å². The number of benzene rings is 2. The molecule has 6 nitrogen and oxygen atoms in total. The first-order valence-corrected chi connectivity index (χ1v) is 10.3. The van der Waals surface area contributed by atoms with Crippen LogP contribution in [0.2, 0.25) is 5.02 Å². The van der Waals surface area contributed by atoms with Gasteiger partial charge in [-0.3, -0.25) is 4.90 Å². The van der Waals surface area contributed by atoms with Crippen LogP contribution in [-0.2, 0) is 10.0 Å². The summed E-state index contributed by atoms with van der Waals surface area (Å²) in [6.45, 7) is 5.18. The molecule has 1 aliphatic heterocycles. The van der Waals surface area contributed by atoms with Gasteiger partial charge in [-0.25, -0.2) is 13.6 Å². The van der Waals surface area contributed by atoms with E-state index in [-0.39, 0.29) is 4.90 Å². The number of halogens is 1. The molecule has 0 bridgehead atoms. The molecule has 0 unspecified atom stereocenters. The van der Waals surface area contributed by atoms with Crippen molar-refractivity contribution in [3.05, 3.63) is 53.6 Å². The van der Waals surface area contributed by atoms with E-state index in [4.69, 9.17) is 21.5 Å². The van der Waals surface area contributed by atoms with Crippen LogP contribution in [0.25, 0.3) is 0 Å². The monoisotopic (exact) mass is 395 g/mol. The highest BCUT2D eigenvalue weighted by Gasteiger charge is 2.17. The third-order valence-corrected chi connectivity index (χ3v) is 5.54. The maximum Gasteiger partial charge on any atom is 0.238 e. The van der Waals surface area contributed by atoms with Crippen LogP contribution in [0.15, 0.2) is 53.4 Å². The van der Waals surface area contributed by atoms with Crippen molar-refractivity contribution >= 4 is 27.3 Å². The van der Waals surface area contributed by atoms with Crippen LogP contribution in [0.4, 0.5) is 5.69 Å². The smallest absolute Gasteiger partial charge is 0.238 e. The van der Waals surface area contributed by atoms with Crippen molar-refractivity contribution in [1.82, 2.24) is 4.90 Å². The van der Waals surface area contributed by atoms with Crippen LogP contribution in [0, 0.1) is 0 Å². The number of hydrogen-bond donors (Lipinski definition) is 1. The summed E-state index contributed by atoms with van der Waals surface area (Å²) < 4.78 is 28.2. The van der Waals surface area contributed by atoms with Gasteiger partial charge in [0.2, 0.25) is 10.0 Å². The van der Waals surface area contributed by atoms with Gasteiger partial charge < -0.3 is 9.64 Å². The van der Waals surface area contributed by atoms with E-state index in [2.05, 4.69) is 15.9 Å². The van der Waals surface area contributed by atoms with Crippen LogP contribution in [-0.4, -0.2) is 52.6 Å². The Morgan fingerprint density at radius 1 is 1.04 bits per heavy atom. The quantitative estimate of drug-likeness (QED) is 0.811. The van der Waals surface area contributed by atoms with Crippen LogP contribution in [0.3, 0.4) is 0 Å². The molecule has 0 radical (unpaired) electrons. The van der Waals surface area contributed by atoms with Crippen molar-refractivity contribution in [2.75, 3.05) is 44.2 Å². The Hall–Kier alpha value is -1.80. The standard InChI is InChI=1S/C18H22ClN3O3S/c19-15-2-1-3-16(14-15)22-10-8-21(9-11-22)12-13-25-17-4-6-18(7-5-17)26(20,23)24/h1-7,14H,8-13H2,(H2,20,23,24). The Balaban J connectivity index is 1.43. The maximum absolute atomic E-state index is 11.2. The molecule has 0 atom stereocenters. The highest BCUT2D eigenvalue weighted by Crippen LogP contribution is 2.21. The number of anilines is 1. The number of nitrogens with zero attached hydrogens (tertiary/aromatic N) is 2. The molecule has 1 heterocycles. The van der Waals surface area contributed by atoms with Crippen LogP contribution >= 0.6 is 11.6 Å². The first-order valence-electron chi connectivity index (χ1n) is 8.40. The van der Waals surface area contributed by atoms with Crippen LogP contribution < -0.4 is 14.8 Å².